The van der Waals surface area contributed by atoms with Gasteiger partial charge in [-0.15, -0.1) is 0 Å². The Morgan fingerprint density at radius 1 is 1.33 bits per heavy atom. The number of nitrogen functional groups attached to an aromatic ring is 1. The zero-order valence-electron chi connectivity index (χ0n) is 10.5. The fourth-order valence-corrected chi connectivity index (χ4v) is 1.92. The van der Waals surface area contributed by atoms with Gasteiger partial charge < -0.3 is 9.09 Å². The van der Waals surface area contributed by atoms with Crippen molar-refractivity contribution in [1.29, 1.82) is 0 Å². The Kier molecular flexibility index (Phi) is 3.10. The third-order valence-corrected chi connectivity index (χ3v) is 2.91. The Morgan fingerprint density at radius 3 is 2.86 bits per heavy atom. The van der Waals surface area contributed by atoms with Gasteiger partial charge in [0.2, 0.25) is 0 Å². The fourth-order valence-electron chi connectivity index (χ4n) is 1.92. The molecule has 0 atom stereocenters. The predicted octanol–water partition coefficient (Wildman–Crippen LogP) is 0.954. The van der Waals surface area contributed by atoms with Crippen LogP contribution in [0.3, 0.4) is 0 Å². The number of hydrogen-bond acceptors (Lipinski definition) is 5. The number of nitrogens with zero attached hydrogens (tertiary/aromatic N) is 3. The molecule has 0 aliphatic heterocycles. The van der Waals surface area contributed by atoms with E-state index in [4.69, 9.17) is 10.4 Å². The van der Waals surface area contributed by atoms with Crippen LogP contribution in [-0.2, 0) is 6.54 Å². The van der Waals surface area contributed by atoms with Gasteiger partial charge in [-0.2, -0.15) is 0 Å². The van der Waals surface area contributed by atoms with Crippen molar-refractivity contribution in [3.8, 4) is 0 Å². The molecule has 7 nitrogen and oxygen atoms in total. The number of fused-ring (bicyclic) bond motifs is 1. The molecule has 0 spiro atoms. The topological polar surface area (TPSA) is 99.0 Å². The summed E-state index contributed by atoms with van der Waals surface area (Å²) in [5.74, 6) is 2.81. The summed E-state index contributed by atoms with van der Waals surface area (Å²) in [7, 11) is 0. The molecule has 0 bridgehead atoms. The molecule has 0 aliphatic carbocycles. The summed E-state index contributed by atoms with van der Waals surface area (Å²) in [6, 6.07) is 3.45. The van der Waals surface area contributed by atoms with Crippen molar-refractivity contribution < 1.29 is 18.1 Å². The van der Waals surface area contributed by atoms with E-state index in [9.17, 15) is 13.6 Å². The molecule has 9 heteroatoms. The van der Waals surface area contributed by atoms with E-state index in [1.165, 1.54) is 12.4 Å². The highest BCUT2D eigenvalue weighted by molar-refractivity contribution is 5.91. The molecule has 0 unspecified atom stereocenters. The lowest BCUT2D eigenvalue weighted by atomic mass is 10.3. The first kappa shape index (κ1) is 13.2. The van der Waals surface area contributed by atoms with E-state index < -0.39 is 17.5 Å². The first-order chi connectivity index (χ1) is 10.1. The second kappa shape index (κ2) is 4.94. The number of carbonyl (C=O) groups is 1. The van der Waals surface area contributed by atoms with Crippen molar-refractivity contribution in [3.63, 3.8) is 0 Å². The van der Waals surface area contributed by atoms with Crippen LogP contribution in [0, 0.1) is 11.6 Å². The summed E-state index contributed by atoms with van der Waals surface area (Å²) in [6.07, 6.45) is 1.41. The predicted molar refractivity (Wildman–Crippen MR) is 66.9 cm³/mol. The number of benzene rings is 1. The molecule has 3 aromatic rings. The SMILES string of the molecule is NNC(=O)c1cc(Cn2cnc3cc(F)c(F)cc32)on1. The van der Waals surface area contributed by atoms with E-state index in [2.05, 4.69) is 10.1 Å². The van der Waals surface area contributed by atoms with E-state index in [0.717, 1.165) is 12.1 Å². The number of rotatable bonds is 3. The van der Waals surface area contributed by atoms with Gasteiger partial charge in [-0.25, -0.2) is 19.6 Å². The maximum absolute atomic E-state index is 13.3. The van der Waals surface area contributed by atoms with Crippen molar-refractivity contribution in [3.05, 3.63) is 47.6 Å². The Hall–Kier alpha value is -2.81. The van der Waals surface area contributed by atoms with Crippen LogP contribution in [0.1, 0.15) is 16.2 Å². The standard InChI is InChI=1S/C12H9F2N5O2/c13-7-2-9-11(3-8(7)14)19(5-16-9)4-6-1-10(18-21-6)12(20)17-15/h1-3,5H,4,15H2,(H,17,20). The van der Waals surface area contributed by atoms with Crippen LogP contribution in [0.15, 0.2) is 29.0 Å². The minimum atomic E-state index is -0.968. The van der Waals surface area contributed by atoms with Crippen LogP contribution in [0.4, 0.5) is 8.78 Å². The fraction of sp³-hybridized carbons (Fsp3) is 0.0833. The maximum atomic E-state index is 13.3. The monoisotopic (exact) mass is 293 g/mol. The number of imidazole rings is 1. The number of carbonyl (C=O) groups excluding carboxylic acids is 1. The van der Waals surface area contributed by atoms with Crippen molar-refractivity contribution in [2.24, 2.45) is 5.84 Å². The van der Waals surface area contributed by atoms with Gasteiger partial charge in [0, 0.05) is 18.2 Å². The van der Waals surface area contributed by atoms with E-state index in [-0.39, 0.29) is 12.2 Å². The van der Waals surface area contributed by atoms with Crippen molar-refractivity contribution in [2.45, 2.75) is 6.54 Å². The molecular weight excluding hydrogens is 284 g/mol. The second-order valence-electron chi connectivity index (χ2n) is 4.28. The van der Waals surface area contributed by atoms with E-state index in [0.29, 0.717) is 16.8 Å². The summed E-state index contributed by atoms with van der Waals surface area (Å²) in [5, 5.41) is 3.54. The molecule has 3 N–H and O–H groups in total. The summed E-state index contributed by atoms with van der Waals surface area (Å²) in [6.45, 7) is 0.159. The number of nitrogens with two attached hydrogens (primary N) is 1. The highest BCUT2D eigenvalue weighted by Crippen LogP contribution is 2.18. The molecule has 0 saturated carbocycles. The number of aromatic nitrogens is 3. The van der Waals surface area contributed by atoms with E-state index in [1.54, 1.807) is 4.57 Å². The number of hydrogen-bond donors (Lipinski definition) is 2. The molecule has 3 rings (SSSR count). The molecule has 108 valence electrons. The van der Waals surface area contributed by atoms with Gasteiger partial charge in [-0.05, 0) is 0 Å². The van der Waals surface area contributed by atoms with Crippen LogP contribution in [0.2, 0.25) is 0 Å². The zero-order valence-corrected chi connectivity index (χ0v) is 10.5. The van der Waals surface area contributed by atoms with Gasteiger partial charge in [-0.3, -0.25) is 10.2 Å². The molecule has 0 radical (unpaired) electrons. The second-order valence-corrected chi connectivity index (χ2v) is 4.28. The minimum Gasteiger partial charge on any atom is -0.359 e. The van der Waals surface area contributed by atoms with Gasteiger partial charge in [0.25, 0.3) is 5.91 Å². The van der Waals surface area contributed by atoms with Gasteiger partial charge >= 0.3 is 0 Å². The molecular formula is C12H9F2N5O2. The largest absolute Gasteiger partial charge is 0.359 e. The third-order valence-electron chi connectivity index (χ3n) is 2.91. The first-order valence-electron chi connectivity index (χ1n) is 5.85. The molecule has 1 aromatic carbocycles. The van der Waals surface area contributed by atoms with Crippen molar-refractivity contribution in [2.75, 3.05) is 0 Å². The lowest BCUT2D eigenvalue weighted by Crippen LogP contribution is -2.30. The van der Waals surface area contributed by atoms with E-state index in [1.807, 2.05) is 5.43 Å². The summed E-state index contributed by atoms with van der Waals surface area (Å²) in [4.78, 5) is 15.2. The smallest absolute Gasteiger partial charge is 0.287 e. The number of amides is 1. The Balaban J connectivity index is 1.93. The highest BCUT2D eigenvalue weighted by Gasteiger charge is 2.14. The van der Waals surface area contributed by atoms with Gasteiger partial charge in [0.05, 0.1) is 23.9 Å². The Labute approximate surface area is 116 Å². The first-order valence-corrected chi connectivity index (χ1v) is 5.85. The molecule has 0 saturated heterocycles. The van der Waals surface area contributed by atoms with Crippen LogP contribution in [0.25, 0.3) is 11.0 Å². The van der Waals surface area contributed by atoms with Crippen molar-refractivity contribution in [1.82, 2.24) is 20.1 Å². The number of halogens is 2. The Morgan fingerprint density at radius 2 is 2.10 bits per heavy atom. The van der Waals surface area contributed by atoms with Crippen LogP contribution >= 0.6 is 0 Å². The summed E-state index contributed by atoms with van der Waals surface area (Å²) < 4.78 is 32.9. The molecule has 2 heterocycles. The van der Waals surface area contributed by atoms with Crippen LogP contribution in [0.5, 0.6) is 0 Å². The van der Waals surface area contributed by atoms with Crippen LogP contribution < -0.4 is 11.3 Å². The highest BCUT2D eigenvalue weighted by atomic mass is 19.2. The number of hydrazine groups is 1. The maximum Gasteiger partial charge on any atom is 0.287 e. The molecule has 2 aromatic heterocycles. The lowest BCUT2D eigenvalue weighted by molar-refractivity contribution is 0.0944. The average molecular weight is 293 g/mol. The summed E-state index contributed by atoms with van der Waals surface area (Å²) >= 11 is 0. The lowest BCUT2D eigenvalue weighted by Gasteiger charge is -2.01. The Bertz CT molecular complexity index is 826. The van der Waals surface area contributed by atoms with E-state index >= 15 is 0 Å². The zero-order chi connectivity index (χ0) is 15.0. The molecule has 0 fully saturated rings. The normalized spacial score (nSPS) is 11.0. The van der Waals surface area contributed by atoms with Crippen molar-refractivity contribution >= 4 is 16.9 Å². The summed E-state index contributed by atoms with van der Waals surface area (Å²) in [5.41, 5.74) is 2.66. The van der Waals surface area contributed by atoms with Gasteiger partial charge in [0.1, 0.15) is 0 Å². The quantitative estimate of drug-likeness (QED) is 0.425. The average Bonchev–Trinajstić information content (AvgIpc) is 3.08. The third kappa shape index (κ3) is 2.34. The van der Waals surface area contributed by atoms with Gasteiger partial charge in [0.15, 0.2) is 23.1 Å². The number of nitrogens with one attached hydrogen (secondary N) is 1. The molecule has 0 aliphatic rings. The minimum absolute atomic E-state index is 0.0224. The van der Waals surface area contributed by atoms with Crippen LogP contribution in [-0.4, -0.2) is 20.6 Å². The molecule has 21 heavy (non-hydrogen) atoms. The van der Waals surface area contributed by atoms with Gasteiger partial charge in [-0.1, -0.05) is 5.16 Å². The molecule has 1 amide bonds.